The molecular weight excluding hydrogens is 367 g/mol. The van der Waals surface area contributed by atoms with E-state index in [2.05, 4.69) is 10.1 Å². The van der Waals surface area contributed by atoms with Crippen LogP contribution in [-0.4, -0.2) is 40.2 Å². The number of rotatable bonds is 4. The minimum absolute atomic E-state index is 0.0703. The molecule has 140 valence electrons. The summed E-state index contributed by atoms with van der Waals surface area (Å²) >= 11 is 1.36. The fourth-order valence-corrected chi connectivity index (χ4v) is 3.80. The molecule has 0 aliphatic carbocycles. The van der Waals surface area contributed by atoms with E-state index in [-0.39, 0.29) is 18.9 Å². The molecule has 26 heavy (non-hydrogen) atoms. The van der Waals surface area contributed by atoms with Crippen LogP contribution in [0.2, 0.25) is 0 Å². The lowest BCUT2D eigenvalue weighted by Gasteiger charge is -2.34. The molecule has 1 saturated heterocycles. The van der Waals surface area contributed by atoms with E-state index in [9.17, 15) is 18.0 Å². The largest absolute Gasteiger partial charge is 0.393 e. The molecule has 1 aromatic carbocycles. The average Bonchev–Trinajstić information content (AvgIpc) is 3.04. The summed E-state index contributed by atoms with van der Waals surface area (Å²) < 4.78 is 43.9. The maximum absolute atomic E-state index is 13.0. The number of halogens is 3. The van der Waals surface area contributed by atoms with E-state index in [0.717, 1.165) is 0 Å². The zero-order chi connectivity index (χ0) is 18.7. The first-order valence-corrected chi connectivity index (χ1v) is 9.20. The van der Waals surface area contributed by atoms with Gasteiger partial charge in [0.15, 0.2) is 5.82 Å². The number of thioether (sulfide) groups is 1. The number of carbonyl (C=O) groups is 1. The van der Waals surface area contributed by atoms with E-state index < -0.39 is 12.1 Å². The maximum atomic E-state index is 13.0. The molecule has 2 aromatic rings. The summed E-state index contributed by atoms with van der Waals surface area (Å²) in [6, 6.07) is 6.91. The van der Waals surface area contributed by atoms with Gasteiger partial charge < -0.3 is 9.42 Å². The molecule has 2 heterocycles. The predicted molar refractivity (Wildman–Crippen MR) is 89.7 cm³/mol. The van der Waals surface area contributed by atoms with E-state index in [1.54, 1.807) is 31.2 Å². The Kier molecular flexibility index (Phi) is 5.55. The molecule has 9 heteroatoms. The number of amides is 1. The van der Waals surface area contributed by atoms with Crippen LogP contribution >= 0.6 is 11.8 Å². The molecule has 0 unspecified atom stereocenters. The Morgan fingerprint density at radius 2 is 2.15 bits per heavy atom. The number of nitrogens with zero attached hydrogens (tertiary/aromatic N) is 3. The third kappa shape index (κ3) is 4.38. The van der Waals surface area contributed by atoms with Crippen molar-refractivity contribution in [2.24, 2.45) is 5.92 Å². The van der Waals surface area contributed by atoms with E-state index >= 15 is 0 Å². The highest BCUT2D eigenvalue weighted by Crippen LogP contribution is 2.34. The quantitative estimate of drug-likeness (QED) is 0.742. The number of carbonyl (C=O) groups excluding carboxylic acids is 1. The van der Waals surface area contributed by atoms with Gasteiger partial charge >= 0.3 is 6.18 Å². The Labute approximate surface area is 152 Å². The number of hydrogen-bond acceptors (Lipinski definition) is 5. The summed E-state index contributed by atoms with van der Waals surface area (Å²) in [5.41, 5.74) is 0.403. The summed E-state index contributed by atoms with van der Waals surface area (Å²) in [6.45, 7) is 1.74. The first kappa shape index (κ1) is 18.8. The molecule has 1 amide bonds. The van der Waals surface area contributed by atoms with Gasteiger partial charge in [-0.3, -0.25) is 4.79 Å². The first-order valence-electron chi connectivity index (χ1n) is 8.21. The lowest BCUT2D eigenvalue weighted by molar-refractivity contribution is -0.184. The Morgan fingerprint density at radius 3 is 2.85 bits per heavy atom. The van der Waals surface area contributed by atoms with Gasteiger partial charge in [-0.1, -0.05) is 17.3 Å². The first-order chi connectivity index (χ1) is 12.3. The van der Waals surface area contributed by atoms with Gasteiger partial charge in [0, 0.05) is 24.9 Å². The van der Waals surface area contributed by atoms with Crippen LogP contribution in [0.15, 0.2) is 33.7 Å². The number of aromatic nitrogens is 2. The average molecular weight is 385 g/mol. The molecule has 1 aromatic heterocycles. The molecule has 0 spiro atoms. The second-order valence-corrected chi connectivity index (χ2v) is 7.16. The summed E-state index contributed by atoms with van der Waals surface area (Å²) in [4.78, 5) is 18.9. The summed E-state index contributed by atoms with van der Waals surface area (Å²) in [5.74, 6) is -0.456. The van der Waals surface area contributed by atoms with Crippen molar-refractivity contribution in [3.05, 3.63) is 41.5 Å². The molecule has 1 aliphatic rings. The van der Waals surface area contributed by atoms with Crippen molar-refractivity contribution in [2.45, 2.75) is 36.6 Å². The Balaban J connectivity index is 1.73. The lowest BCUT2D eigenvalue weighted by Crippen LogP contribution is -2.44. The molecule has 0 N–H and O–H groups in total. The normalized spacial score (nSPS) is 18.2. The van der Waals surface area contributed by atoms with Crippen molar-refractivity contribution in [2.75, 3.05) is 13.1 Å². The van der Waals surface area contributed by atoms with Gasteiger partial charge in [-0.25, -0.2) is 0 Å². The molecule has 1 atom stereocenters. The third-order valence-electron chi connectivity index (χ3n) is 4.22. The van der Waals surface area contributed by atoms with Crippen LogP contribution in [0.5, 0.6) is 0 Å². The predicted octanol–water partition coefficient (Wildman–Crippen LogP) is 4.08. The summed E-state index contributed by atoms with van der Waals surface area (Å²) in [5, 5.41) is 3.80. The second kappa shape index (κ2) is 7.69. The SMILES string of the molecule is Cc1nc(CSc2ccccc2C(=O)N2CCC[C@@H](C(F)(F)F)C2)no1. The number of likely N-dealkylation sites (tertiary alicyclic amines) is 1. The fraction of sp³-hybridized carbons (Fsp3) is 0.471. The fourth-order valence-electron chi connectivity index (χ4n) is 2.91. The molecule has 1 aliphatic heterocycles. The van der Waals surface area contributed by atoms with Crippen LogP contribution in [-0.2, 0) is 5.75 Å². The zero-order valence-electron chi connectivity index (χ0n) is 14.1. The third-order valence-corrected chi connectivity index (χ3v) is 5.28. The van der Waals surface area contributed by atoms with Crippen LogP contribution in [0.25, 0.3) is 0 Å². The Morgan fingerprint density at radius 1 is 1.38 bits per heavy atom. The molecule has 3 rings (SSSR count). The van der Waals surface area contributed by atoms with Crippen molar-refractivity contribution < 1.29 is 22.5 Å². The molecule has 0 bridgehead atoms. The number of hydrogen-bond donors (Lipinski definition) is 0. The van der Waals surface area contributed by atoms with Crippen LogP contribution < -0.4 is 0 Å². The molecule has 0 saturated carbocycles. The highest BCUT2D eigenvalue weighted by Gasteiger charge is 2.42. The van der Waals surface area contributed by atoms with Crippen molar-refractivity contribution in [1.82, 2.24) is 15.0 Å². The van der Waals surface area contributed by atoms with Gasteiger partial charge in [0.1, 0.15) is 0 Å². The van der Waals surface area contributed by atoms with Gasteiger partial charge in [0.05, 0.1) is 17.2 Å². The summed E-state index contributed by atoms with van der Waals surface area (Å²) in [6.07, 6.45) is -3.85. The second-order valence-electron chi connectivity index (χ2n) is 6.15. The van der Waals surface area contributed by atoms with Crippen molar-refractivity contribution in [1.29, 1.82) is 0 Å². The van der Waals surface area contributed by atoms with Gasteiger partial charge in [-0.2, -0.15) is 18.2 Å². The number of alkyl halides is 3. The lowest BCUT2D eigenvalue weighted by atomic mass is 9.97. The highest BCUT2D eigenvalue weighted by molar-refractivity contribution is 7.98. The highest BCUT2D eigenvalue weighted by atomic mass is 32.2. The van der Waals surface area contributed by atoms with Gasteiger partial charge in [0.2, 0.25) is 5.89 Å². The van der Waals surface area contributed by atoms with Crippen LogP contribution in [0.1, 0.15) is 34.9 Å². The van der Waals surface area contributed by atoms with Crippen LogP contribution in [0.4, 0.5) is 13.2 Å². The smallest absolute Gasteiger partial charge is 0.340 e. The van der Waals surface area contributed by atoms with Crippen molar-refractivity contribution in [3.63, 3.8) is 0 Å². The molecular formula is C17H18F3N3O2S. The number of piperidine rings is 1. The minimum Gasteiger partial charge on any atom is -0.340 e. The zero-order valence-corrected chi connectivity index (χ0v) is 14.9. The summed E-state index contributed by atoms with van der Waals surface area (Å²) in [7, 11) is 0. The van der Waals surface area contributed by atoms with Crippen LogP contribution in [0.3, 0.4) is 0 Å². The van der Waals surface area contributed by atoms with Crippen molar-refractivity contribution in [3.8, 4) is 0 Å². The standard InChI is InChI=1S/C17H18F3N3O2S/c1-11-21-15(22-25-11)10-26-14-7-3-2-6-13(14)16(24)23-8-4-5-12(9-23)17(18,19)20/h2-3,6-7,12H,4-5,8-10H2,1H3/t12-/m1/s1. The van der Waals surface area contributed by atoms with E-state index in [1.165, 1.54) is 16.7 Å². The molecule has 0 radical (unpaired) electrons. The number of aryl methyl sites for hydroxylation is 1. The Hall–Kier alpha value is -2.03. The Bertz CT molecular complexity index is 779. The van der Waals surface area contributed by atoms with E-state index in [0.29, 0.717) is 40.9 Å². The van der Waals surface area contributed by atoms with Crippen LogP contribution in [0, 0.1) is 12.8 Å². The minimum atomic E-state index is -4.27. The van der Waals surface area contributed by atoms with Gasteiger partial charge in [-0.15, -0.1) is 11.8 Å². The van der Waals surface area contributed by atoms with Gasteiger partial charge in [0.25, 0.3) is 5.91 Å². The van der Waals surface area contributed by atoms with E-state index in [4.69, 9.17) is 4.52 Å². The van der Waals surface area contributed by atoms with Crippen molar-refractivity contribution >= 4 is 17.7 Å². The van der Waals surface area contributed by atoms with E-state index in [1.807, 2.05) is 0 Å². The monoisotopic (exact) mass is 385 g/mol. The molecule has 1 fully saturated rings. The topological polar surface area (TPSA) is 59.2 Å². The van der Waals surface area contributed by atoms with Gasteiger partial charge in [-0.05, 0) is 25.0 Å². The number of benzene rings is 1. The molecule has 5 nitrogen and oxygen atoms in total. The maximum Gasteiger partial charge on any atom is 0.393 e.